The number of fused-ring (bicyclic) bond motifs is 3. The third-order valence-corrected chi connectivity index (χ3v) is 8.57. The predicted molar refractivity (Wildman–Crippen MR) is 130 cm³/mol. The van der Waals surface area contributed by atoms with Gasteiger partial charge in [0.15, 0.2) is 11.4 Å². The molecule has 0 spiro atoms. The highest BCUT2D eigenvalue weighted by Gasteiger charge is 2.67. The molecule has 11 nitrogen and oxygen atoms in total. The molecule has 11 heteroatoms. The number of primary amides is 1. The number of phenols is 1. The van der Waals surface area contributed by atoms with E-state index >= 15 is 0 Å². The predicted octanol–water partition coefficient (Wildman–Crippen LogP) is -1.04. The van der Waals surface area contributed by atoms with Gasteiger partial charge in [-0.2, -0.15) is 0 Å². The zero-order valence-corrected chi connectivity index (χ0v) is 20.9. The Morgan fingerprint density at radius 3 is 2.51 bits per heavy atom. The molecule has 6 atom stereocenters. The number of carbonyl (C=O) groups excluding carboxylic acids is 3. The molecule has 2 unspecified atom stereocenters. The molecular formula is C26H33N3O8. The van der Waals surface area contributed by atoms with Crippen molar-refractivity contribution in [2.75, 3.05) is 40.4 Å². The van der Waals surface area contributed by atoms with E-state index in [1.165, 1.54) is 6.07 Å². The summed E-state index contributed by atoms with van der Waals surface area (Å²) in [5.74, 6) is -7.36. The van der Waals surface area contributed by atoms with E-state index in [4.69, 9.17) is 10.5 Å². The smallest absolute Gasteiger partial charge is 0.230 e. The van der Waals surface area contributed by atoms with Crippen LogP contribution in [-0.4, -0.2) is 106 Å². The first-order chi connectivity index (χ1) is 17.5. The summed E-state index contributed by atoms with van der Waals surface area (Å²) in [5, 5.41) is 44.6. The number of nitrogens with two attached hydrogens (primary N) is 1. The lowest BCUT2D eigenvalue weighted by molar-refractivity contribution is -0.184. The lowest BCUT2D eigenvalue weighted by atomic mass is 9.54. The van der Waals surface area contributed by atoms with Crippen molar-refractivity contribution >= 4 is 23.2 Å². The number of likely N-dealkylation sites (N-methyl/N-ethyl adjacent to an activating group) is 1. The van der Waals surface area contributed by atoms with Gasteiger partial charge in [-0.15, -0.1) is 0 Å². The summed E-state index contributed by atoms with van der Waals surface area (Å²) in [6, 6.07) is 2.35. The summed E-state index contributed by atoms with van der Waals surface area (Å²) in [6.45, 7) is 3.28. The zero-order valence-electron chi connectivity index (χ0n) is 20.9. The van der Waals surface area contributed by atoms with Crippen LogP contribution in [0.1, 0.15) is 23.1 Å². The van der Waals surface area contributed by atoms with Gasteiger partial charge in [-0.05, 0) is 50.0 Å². The summed E-state index contributed by atoms with van der Waals surface area (Å²) >= 11 is 0. The fraction of sp³-hybridized carbons (Fsp3) is 0.577. The number of ether oxygens (including phenoxy) is 1. The molecule has 0 aromatic heterocycles. The van der Waals surface area contributed by atoms with E-state index in [1.54, 1.807) is 25.1 Å². The number of aliphatic hydroxyl groups excluding tert-OH is 2. The van der Waals surface area contributed by atoms with Gasteiger partial charge in [0.25, 0.3) is 0 Å². The minimum atomic E-state index is -2.65. The molecule has 0 bridgehead atoms. The van der Waals surface area contributed by atoms with E-state index in [2.05, 4.69) is 4.90 Å². The molecule has 1 aromatic carbocycles. The van der Waals surface area contributed by atoms with Gasteiger partial charge >= 0.3 is 0 Å². The second-order valence-electron chi connectivity index (χ2n) is 10.8. The number of hydrogen-bond donors (Lipinski definition) is 5. The van der Waals surface area contributed by atoms with Crippen molar-refractivity contribution in [3.8, 4) is 5.75 Å². The summed E-state index contributed by atoms with van der Waals surface area (Å²) in [6.07, 6.45) is -1.11. The summed E-state index contributed by atoms with van der Waals surface area (Å²) < 4.78 is 5.43. The third kappa shape index (κ3) is 3.79. The number of benzene rings is 1. The zero-order chi connectivity index (χ0) is 26.8. The van der Waals surface area contributed by atoms with Gasteiger partial charge < -0.3 is 35.8 Å². The van der Waals surface area contributed by atoms with Gasteiger partial charge in [-0.25, -0.2) is 0 Å². The Labute approximate surface area is 214 Å². The van der Waals surface area contributed by atoms with Crippen molar-refractivity contribution in [2.24, 2.45) is 23.5 Å². The molecule has 1 amide bonds. The highest BCUT2D eigenvalue weighted by atomic mass is 16.5. The Kier molecular flexibility index (Phi) is 6.40. The van der Waals surface area contributed by atoms with Gasteiger partial charge in [-0.1, -0.05) is 6.07 Å². The van der Waals surface area contributed by atoms with Gasteiger partial charge in [0.1, 0.15) is 17.4 Å². The van der Waals surface area contributed by atoms with Crippen LogP contribution in [0.15, 0.2) is 17.7 Å². The standard InChI is InChI=1S/C26H33N3O8/c1-28(2)20-15-10-13-9-14-12(11-29-5-7-37-8-6-29)3-4-16(30)18(14)21(31)17(13)23(33)26(15,36)24(34)19(22(20)32)25(27)35/h3-4,13,15,19-20,22,30-32,36H,5-11H2,1-2H3,(H2,27,35)/t13-,15-,19?,20-,22?,26-/m0/s1. The first-order valence-electron chi connectivity index (χ1n) is 12.5. The average Bonchev–Trinajstić information content (AvgIpc) is 2.83. The van der Waals surface area contributed by atoms with E-state index in [0.717, 1.165) is 18.7 Å². The maximum absolute atomic E-state index is 13.9. The molecule has 1 heterocycles. The Hall–Kier alpha value is -2.83. The van der Waals surface area contributed by atoms with E-state index in [1.807, 2.05) is 0 Å². The van der Waals surface area contributed by atoms with Crippen LogP contribution in [0.2, 0.25) is 0 Å². The Morgan fingerprint density at radius 2 is 1.89 bits per heavy atom. The largest absolute Gasteiger partial charge is 0.507 e. The van der Waals surface area contributed by atoms with Crippen LogP contribution in [0.4, 0.5) is 0 Å². The fourth-order valence-electron chi connectivity index (χ4n) is 6.82. The Morgan fingerprint density at radius 1 is 1.22 bits per heavy atom. The number of ketones is 2. The molecule has 200 valence electrons. The molecule has 5 rings (SSSR count). The van der Waals surface area contributed by atoms with Gasteiger partial charge in [0, 0.05) is 37.2 Å². The van der Waals surface area contributed by atoms with Crippen molar-refractivity contribution in [3.63, 3.8) is 0 Å². The number of amides is 1. The summed E-state index contributed by atoms with van der Waals surface area (Å²) in [4.78, 5) is 43.1. The van der Waals surface area contributed by atoms with E-state index in [9.17, 15) is 34.8 Å². The number of phenolic OH excluding ortho intramolecular Hbond substituents is 1. The van der Waals surface area contributed by atoms with Crippen LogP contribution in [-0.2, 0) is 32.1 Å². The van der Waals surface area contributed by atoms with E-state index in [-0.39, 0.29) is 23.3 Å². The topological polar surface area (TPSA) is 174 Å². The highest BCUT2D eigenvalue weighted by Crippen LogP contribution is 2.52. The van der Waals surface area contributed by atoms with Crippen LogP contribution in [0, 0.1) is 17.8 Å². The van der Waals surface area contributed by atoms with Crippen LogP contribution in [0.25, 0.3) is 5.76 Å². The number of nitrogens with zero attached hydrogens (tertiary/aromatic N) is 2. The second-order valence-corrected chi connectivity index (χ2v) is 10.8. The van der Waals surface area contributed by atoms with E-state index in [0.29, 0.717) is 31.7 Å². The number of morpholine rings is 1. The second kappa shape index (κ2) is 9.17. The van der Waals surface area contributed by atoms with Crippen molar-refractivity contribution in [1.29, 1.82) is 0 Å². The van der Waals surface area contributed by atoms with Crippen molar-refractivity contribution < 1.29 is 39.5 Å². The SMILES string of the molecule is CN(C)[C@@H]1C(O)C(C(N)=O)C(=O)[C@@]2(O)C(=O)C3=C(O)c4c(O)ccc(CN5CCOCC5)c4C[C@H]3C[C@@H]12. The molecule has 37 heavy (non-hydrogen) atoms. The quantitative estimate of drug-likeness (QED) is 0.312. The fourth-order valence-corrected chi connectivity index (χ4v) is 6.82. The highest BCUT2D eigenvalue weighted by molar-refractivity contribution is 6.25. The summed E-state index contributed by atoms with van der Waals surface area (Å²) in [7, 11) is 3.26. The Bertz CT molecular complexity index is 1190. The van der Waals surface area contributed by atoms with Crippen LogP contribution < -0.4 is 5.73 Å². The maximum Gasteiger partial charge on any atom is 0.230 e. The van der Waals surface area contributed by atoms with Gasteiger partial charge in [0.05, 0.1) is 24.9 Å². The summed E-state index contributed by atoms with van der Waals surface area (Å²) in [5.41, 5.74) is 4.33. The number of carbonyl (C=O) groups is 3. The molecule has 3 aliphatic carbocycles. The maximum atomic E-state index is 13.9. The normalized spacial score (nSPS) is 34.2. The van der Waals surface area contributed by atoms with Gasteiger partial charge in [-0.3, -0.25) is 19.3 Å². The van der Waals surface area contributed by atoms with Gasteiger partial charge in [0.2, 0.25) is 11.7 Å². The number of rotatable bonds is 4. The van der Waals surface area contributed by atoms with E-state index < -0.39 is 58.7 Å². The first-order valence-corrected chi connectivity index (χ1v) is 12.5. The molecule has 2 saturated carbocycles. The molecule has 0 radical (unpaired) electrons. The van der Waals surface area contributed by atoms with Crippen molar-refractivity contribution in [1.82, 2.24) is 9.80 Å². The number of Topliss-reactive ketones (excluding diaryl/α,β-unsaturated/α-hetero) is 2. The number of aliphatic hydroxyl groups is 3. The van der Waals surface area contributed by atoms with Crippen LogP contribution in [0.5, 0.6) is 5.75 Å². The lowest BCUT2D eigenvalue weighted by Crippen LogP contribution is -2.73. The van der Waals surface area contributed by atoms with Crippen LogP contribution >= 0.6 is 0 Å². The molecule has 6 N–H and O–H groups in total. The minimum absolute atomic E-state index is 0.102. The van der Waals surface area contributed by atoms with Crippen LogP contribution in [0.3, 0.4) is 0 Å². The third-order valence-electron chi connectivity index (χ3n) is 8.57. The van der Waals surface area contributed by atoms with Crippen molar-refractivity contribution in [3.05, 3.63) is 34.4 Å². The molecule has 1 saturated heterocycles. The molecule has 4 aliphatic rings. The molecule has 1 aromatic rings. The monoisotopic (exact) mass is 515 g/mol. The molecular weight excluding hydrogens is 482 g/mol. The van der Waals surface area contributed by atoms with Crippen molar-refractivity contribution in [2.45, 2.75) is 37.1 Å². The molecule has 3 fully saturated rings. The Balaban J connectivity index is 1.62. The minimum Gasteiger partial charge on any atom is -0.507 e. The lowest BCUT2D eigenvalue weighted by Gasteiger charge is -2.53. The average molecular weight is 516 g/mol. The first kappa shape index (κ1) is 25.8. The number of aromatic hydroxyl groups is 1. The molecule has 1 aliphatic heterocycles. The number of hydrogen-bond acceptors (Lipinski definition) is 10.